The molecule has 0 spiro atoms. The number of unbranched alkanes of at least 4 members (excludes halogenated alkanes) is 2. The third kappa shape index (κ3) is 7.02. The molecule has 6 nitrogen and oxygen atoms in total. The minimum absolute atomic E-state index is 0.356. The second-order valence-corrected chi connectivity index (χ2v) is 8.99. The van der Waals surface area contributed by atoms with Gasteiger partial charge in [-0.15, -0.1) is 10.2 Å². The monoisotopic (exact) mass is 412 g/mol. The van der Waals surface area contributed by atoms with E-state index in [9.17, 15) is 4.79 Å². The number of aromatic nitrogens is 2. The lowest BCUT2D eigenvalue weighted by molar-refractivity contribution is 0.0527. The maximum Gasteiger partial charge on any atom is 0.407 e. The Morgan fingerprint density at radius 3 is 2.62 bits per heavy atom. The van der Waals surface area contributed by atoms with Gasteiger partial charge in [0, 0.05) is 18.7 Å². The molecule has 0 atom stereocenters. The minimum Gasteiger partial charge on any atom is -0.444 e. The minimum atomic E-state index is -0.458. The Bertz CT molecular complexity index is 949. The molecule has 3 rings (SSSR count). The van der Waals surface area contributed by atoms with Gasteiger partial charge in [0.15, 0.2) is 0 Å². The summed E-state index contributed by atoms with van der Waals surface area (Å²) in [6.07, 6.45) is 3.48. The van der Waals surface area contributed by atoms with Crippen LogP contribution >= 0.6 is 11.3 Å². The average molecular weight is 413 g/mol. The highest BCUT2D eigenvalue weighted by Gasteiger charge is 2.15. The van der Waals surface area contributed by atoms with E-state index in [1.165, 1.54) is 10.8 Å². The van der Waals surface area contributed by atoms with E-state index < -0.39 is 5.60 Å². The fourth-order valence-corrected chi connectivity index (χ4v) is 3.68. The fraction of sp³-hybridized carbons (Fsp3) is 0.409. The molecule has 7 heteroatoms. The van der Waals surface area contributed by atoms with E-state index in [0.29, 0.717) is 6.54 Å². The smallest absolute Gasteiger partial charge is 0.407 e. The Morgan fingerprint density at radius 1 is 1.03 bits per heavy atom. The van der Waals surface area contributed by atoms with Crippen LogP contribution in [-0.4, -0.2) is 28.4 Å². The number of anilines is 2. The van der Waals surface area contributed by atoms with Crippen molar-refractivity contribution in [2.45, 2.75) is 52.1 Å². The highest BCUT2D eigenvalue weighted by Crippen LogP contribution is 2.25. The zero-order valence-corrected chi connectivity index (χ0v) is 18.0. The van der Waals surface area contributed by atoms with Crippen LogP contribution in [0.1, 0.15) is 45.0 Å². The van der Waals surface area contributed by atoms with Gasteiger partial charge in [-0.25, -0.2) is 4.79 Å². The van der Waals surface area contributed by atoms with Crippen LogP contribution in [-0.2, 0) is 11.2 Å². The SMILES string of the molecule is CC(C)(C)OC(=O)NCCCCCc1nnc(Nc2ccc3ccccc3c2)s1. The normalized spacial score (nSPS) is 11.4. The molecule has 1 amide bonds. The summed E-state index contributed by atoms with van der Waals surface area (Å²) in [5, 5.41) is 18.9. The maximum absolute atomic E-state index is 11.6. The number of nitrogens with zero attached hydrogens (tertiary/aromatic N) is 2. The van der Waals surface area contributed by atoms with Crippen LogP contribution in [0.4, 0.5) is 15.6 Å². The number of ether oxygens (including phenoxy) is 1. The van der Waals surface area contributed by atoms with Crippen molar-refractivity contribution in [1.82, 2.24) is 15.5 Å². The lowest BCUT2D eigenvalue weighted by atomic mass is 10.1. The molecule has 0 aliphatic rings. The summed E-state index contributed by atoms with van der Waals surface area (Å²) in [5.41, 5.74) is 0.556. The predicted molar refractivity (Wildman–Crippen MR) is 119 cm³/mol. The molecule has 0 aliphatic carbocycles. The molecule has 3 aromatic rings. The van der Waals surface area contributed by atoms with Gasteiger partial charge in [0.05, 0.1) is 0 Å². The average Bonchev–Trinajstić information content (AvgIpc) is 3.10. The number of nitrogens with one attached hydrogen (secondary N) is 2. The third-order valence-corrected chi connectivity index (χ3v) is 5.10. The van der Waals surface area contributed by atoms with Crippen molar-refractivity contribution in [2.75, 3.05) is 11.9 Å². The molecule has 2 N–H and O–H groups in total. The first-order valence-corrected chi connectivity index (χ1v) is 10.8. The number of hydrogen-bond acceptors (Lipinski definition) is 6. The number of alkyl carbamates (subject to hydrolysis) is 1. The van der Waals surface area contributed by atoms with Crippen molar-refractivity contribution < 1.29 is 9.53 Å². The van der Waals surface area contributed by atoms with Crippen molar-refractivity contribution in [3.8, 4) is 0 Å². The number of rotatable bonds is 8. The van der Waals surface area contributed by atoms with Gasteiger partial charge >= 0.3 is 6.09 Å². The Balaban J connectivity index is 1.37. The Morgan fingerprint density at radius 2 is 1.83 bits per heavy atom. The largest absolute Gasteiger partial charge is 0.444 e. The number of hydrogen-bond donors (Lipinski definition) is 2. The van der Waals surface area contributed by atoms with Crippen LogP contribution in [0.25, 0.3) is 10.8 Å². The maximum atomic E-state index is 11.6. The molecule has 1 heterocycles. The number of carbonyl (C=O) groups is 1. The van der Waals surface area contributed by atoms with Crippen LogP contribution < -0.4 is 10.6 Å². The molecular formula is C22H28N4O2S. The summed E-state index contributed by atoms with van der Waals surface area (Å²) >= 11 is 1.59. The summed E-state index contributed by atoms with van der Waals surface area (Å²) in [4.78, 5) is 11.6. The zero-order chi connectivity index (χ0) is 20.7. The van der Waals surface area contributed by atoms with Gasteiger partial charge in [0.25, 0.3) is 0 Å². The van der Waals surface area contributed by atoms with E-state index in [1.807, 2.05) is 32.9 Å². The first-order valence-electron chi connectivity index (χ1n) is 9.94. The molecule has 0 radical (unpaired) electrons. The van der Waals surface area contributed by atoms with Gasteiger partial charge in [-0.05, 0) is 56.5 Å². The van der Waals surface area contributed by atoms with Crippen molar-refractivity contribution in [3.63, 3.8) is 0 Å². The number of benzene rings is 2. The van der Waals surface area contributed by atoms with Gasteiger partial charge in [-0.1, -0.05) is 48.1 Å². The van der Waals surface area contributed by atoms with Crippen molar-refractivity contribution >= 4 is 39.0 Å². The molecule has 0 aliphatic heterocycles. The van der Waals surface area contributed by atoms with E-state index in [2.05, 4.69) is 51.2 Å². The van der Waals surface area contributed by atoms with E-state index in [1.54, 1.807) is 11.3 Å². The second kappa shape index (κ2) is 9.69. The van der Waals surface area contributed by atoms with Crippen LogP contribution in [0.2, 0.25) is 0 Å². The molecule has 1 aromatic heterocycles. The standard InChI is InChI=1S/C22H28N4O2S/c1-22(2,3)28-21(27)23-14-8-4-5-11-19-25-26-20(29-19)24-18-13-12-16-9-6-7-10-17(16)15-18/h6-7,9-10,12-13,15H,4-5,8,11,14H2,1-3H3,(H,23,27)(H,24,26). The van der Waals surface area contributed by atoms with Crippen LogP contribution in [0.15, 0.2) is 42.5 Å². The molecule has 29 heavy (non-hydrogen) atoms. The second-order valence-electron chi connectivity index (χ2n) is 7.93. The highest BCUT2D eigenvalue weighted by molar-refractivity contribution is 7.15. The number of fused-ring (bicyclic) bond motifs is 1. The summed E-state index contributed by atoms with van der Waals surface area (Å²) in [6, 6.07) is 14.6. The molecule has 0 saturated carbocycles. The van der Waals surface area contributed by atoms with Gasteiger partial charge in [-0.2, -0.15) is 0 Å². The fourth-order valence-electron chi connectivity index (χ4n) is 2.88. The zero-order valence-electron chi connectivity index (χ0n) is 17.2. The number of amides is 1. The van der Waals surface area contributed by atoms with E-state index in [4.69, 9.17) is 4.74 Å². The topological polar surface area (TPSA) is 76.1 Å². The van der Waals surface area contributed by atoms with Crippen molar-refractivity contribution in [3.05, 3.63) is 47.5 Å². The Hall–Kier alpha value is -2.67. The van der Waals surface area contributed by atoms with Gasteiger partial charge in [-0.3, -0.25) is 0 Å². The highest BCUT2D eigenvalue weighted by atomic mass is 32.1. The molecule has 0 unspecified atom stereocenters. The van der Waals surface area contributed by atoms with Crippen LogP contribution in [0.5, 0.6) is 0 Å². The number of carbonyl (C=O) groups excluding carboxylic acids is 1. The van der Waals surface area contributed by atoms with Crippen molar-refractivity contribution in [1.29, 1.82) is 0 Å². The van der Waals surface area contributed by atoms with E-state index in [-0.39, 0.29) is 6.09 Å². The number of aryl methyl sites for hydroxylation is 1. The van der Waals surface area contributed by atoms with Crippen LogP contribution in [0, 0.1) is 0 Å². The predicted octanol–water partition coefficient (Wildman–Crippen LogP) is 5.67. The van der Waals surface area contributed by atoms with Gasteiger partial charge in [0.2, 0.25) is 5.13 Å². The first-order chi connectivity index (χ1) is 13.9. The van der Waals surface area contributed by atoms with Gasteiger partial charge < -0.3 is 15.4 Å². The van der Waals surface area contributed by atoms with Gasteiger partial charge in [0.1, 0.15) is 10.6 Å². The van der Waals surface area contributed by atoms with Crippen molar-refractivity contribution in [2.24, 2.45) is 0 Å². The lowest BCUT2D eigenvalue weighted by Gasteiger charge is -2.19. The Labute approximate surface area is 175 Å². The van der Waals surface area contributed by atoms with E-state index >= 15 is 0 Å². The molecule has 0 fully saturated rings. The molecular weight excluding hydrogens is 384 g/mol. The van der Waals surface area contributed by atoms with Crippen LogP contribution in [0.3, 0.4) is 0 Å². The summed E-state index contributed by atoms with van der Waals surface area (Å²) in [5.74, 6) is 0. The molecule has 0 bridgehead atoms. The third-order valence-electron chi connectivity index (χ3n) is 4.20. The molecule has 2 aromatic carbocycles. The molecule has 154 valence electrons. The summed E-state index contributed by atoms with van der Waals surface area (Å²) in [7, 11) is 0. The molecule has 0 saturated heterocycles. The lowest BCUT2D eigenvalue weighted by Crippen LogP contribution is -2.32. The summed E-state index contributed by atoms with van der Waals surface area (Å²) in [6.45, 7) is 6.20. The van der Waals surface area contributed by atoms with E-state index in [0.717, 1.165) is 41.5 Å². The Kier molecular flexibility index (Phi) is 7.04. The quantitative estimate of drug-likeness (QED) is 0.466. The summed E-state index contributed by atoms with van der Waals surface area (Å²) < 4.78 is 5.22. The first kappa shape index (κ1) is 21.0.